The van der Waals surface area contributed by atoms with Crippen molar-refractivity contribution in [2.24, 2.45) is 0 Å². The van der Waals surface area contributed by atoms with Gasteiger partial charge in [-0.05, 0) is 19.1 Å². The summed E-state index contributed by atoms with van der Waals surface area (Å²) in [4.78, 5) is 10.7. The van der Waals surface area contributed by atoms with Crippen molar-refractivity contribution in [1.29, 1.82) is 0 Å². The van der Waals surface area contributed by atoms with Crippen LogP contribution in [-0.4, -0.2) is 16.2 Å². The van der Waals surface area contributed by atoms with Gasteiger partial charge in [0.05, 0.1) is 0 Å². The smallest absolute Gasteiger partial charge is 0.374 e. The van der Waals surface area contributed by atoms with Crippen molar-refractivity contribution in [2.45, 2.75) is 6.92 Å². The Balaban J connectivity index is 2.50. The molecular formula is C11H8BrNO3. The average Bonchev–Trinajstić information content (AvgIpc) is 2.70. The van der Waals surface area contributed by atoms with Crippen molar-refractivity contribution in [1.82, 2.24) is 5.16 Å². The van der Waals surface area contributed by atoms with Crippen LogP contribution in [0.25, 0.3) is 11.3 Å². The zero-order chi connectivity index (χ0) is 11.7. The minimum absolute atomic E-state index is 0.164. The molecule has 1 heterocycles. The molecule has 0 aliphatic heterocycles. The average molecular weight is 282 g/mol. The molecule has 0 spiro atoms. The number of aromatic carboxylic acids is 1. The molecule has 0 unspecified atom stereocenters. The van der Waals surface area contributed by atoms with Gasteiger partial charge in [-0.15, -0.1) is 0 Å². The summed E-state index contributed by atoms with van der Waals surface area (Å²) in [6.45, 7) is 1.95. The molecule has 1 N–H and O–H groups in total. The summed E-state index contributed by atoms with van der Waals surface area (Å²) in [5, 5.41) is 12.4. The van der Waals surface area contributed by atoms with E-state index in [1.165, 1.54) is 6.07 Å². The number of rotatable bonds is 2. The molecule has 82 valence electrons. The molecule has 4 nitrogen and oxygen atoms in total. The van der Waals surface area contributed by atoms with E-state index in [1.54, 1.807) is 0 Å². The molecule has 16 heavy (non-hydrogen) atoms. The van der Waals surface area contributed by atoms with E-state index in [-0.39, 0.29) is 5.76 Å². The predicted octanol–water partition coefficient (Wildman–Crippen LogP) is 3.11. The Labute approximate surface area is 100 Å². The predicted molar refractivity (Wildman–Crippen MR) is 61.3 cm³/mol. The number of benzene rings is 1. The highest BCUT2D eigenvalue weighted by molar-refractivity contribution is 9.10. The van der Waals surface area contributed by atoms with Crippen LogP contribution >= 0.6 is 15.9 Å². The maximum absolute atomic E-state index is 10.7. The van der Waals surface area contributed by atoms with Crippen LogP contribution in [0.15, 0.2) is 33.3 Å². The maximum Gasteiger partial charge on any atom is 0.374 e. The molecule has 0 aliphatic rings. The van der Waals surface area contributed by atoms with E-state index in [0.717, 1.165) is 15.6 Å². The largest absolute Gasteiger partial charge is 0.475 e. The third kappa shape index (κ3) is 1.99. The summed E-state index contributed by atoms with van der Waals surface area (Å²) in [5.74, 6) is -1.29. The molecule has 2 rings (SSSR count). The lowest BCUT2D eigenvalue weighted by atomic mass is 10.1. The first-order chi connectivity index (χ1) is 7.58. The van der Waals surface area contributed by atoms with Crippen molar-refractivity contribution >= 4 is 21.9 Å². The van der Waals surface area contributed by atoms with Crippen LogP contribution in [0.5, 0.6) is 0 Å². The fraction of sp³-hybridized carbons (Fsp3) is 0.0909. The summed E-state index contributed by atoms with van der Waals surface area (Å²) >= 11 is 3.38. The number of hydrogen-bond acceptors (Lipinski definition) is 3. The van der Waals surface area contributed by atoms with E-state index in [0.29, 0.717) is 5.69 Å². The van der Waals surface area contributed by atoms with Crippen LogP contribution in [0.1, 0.15) is 16.1 Å². The molecule has 1 aromatic heterocycles. The quantitative estimate of drug-likeness (QED) is 0.919. The van der Waals surface area contributed by atoms with Crippen LogP contribution in [0.4, 0.5) is 0 Å². The molecule has 0 fully saturated rings. The van der Waals surface area contributed by atoms with Crippen LogP contribution in [0.2, 0.25) is 0 Å². The first-order valence-corrected chi connectivity index (χ1v) is 5.34. The van der Waals surface area contributed by atoms with Crippen LogP contribution < -0.4 is 0 Å². The number of carbonyl (C=O) groups is 1. The van der Waals surface area contributed by atoms with Gasteiger partial charge in [0.25, 0.3) is 0 Å². The van der Waals surface area contributed by atoms with Gasteiger partial charge in [-0.25, -0.2) is 4.79 Å². The Morgan fingerprint density at radius 2 is 2.19 bits per heavy atom. The summed E-state index contributed by atoms with van der Waals surface area (Å²) in [6, 6.07) is 7.15. The number of nitrogens with zero attached hydrogens (tertiary/aromatic N) is 1. The van der Waals surface area contributed by atoms with Gasteiger partial charge in [0.2, 0.25) is 5.76 Å². The standard InChI is InChI=1S/C11H8BrNO3/c1-6-2-3-8(12)7(4-6)9-5-10(11(14)15)16-13-9/h2-5H,1H3,(H,14,15). The molecule has 0 aliphatic carbocycles. The molecule has 0 saturated heterocycles. The molecule has 0 radical (unpaired) electrons. The molecule has 5 heteroatoms. The van der Waals surface area contributed by atoms with Crippen molar-refractivity contribution < 1.29 is 14.4 Å². The number of halogens is 1. The van der Waals surface area contributed by atoms with Crippen LogP contribution in [-0.2, 0) is 0 Å². The van der Waals surface area contributed by atoms with Gasteiger partial charge in [0.15, 0.2) is 0 Å². The molecule has 0 amide bonds. The minimum Gasteiger partial charge on any atom is -0.475 e. The Bertz CT molecular complexity index is 548. The summed E-state index contributed by atoms with van der Waals surface area (Å²) < 4.78 is 5.56. The van der Waals surface area contributed by atoms with Gasteiger partial charge < -0.3 is 9.63 Å². The lowest BCUT2D eigenvalue weighted by molar-refractivity contribution is 0.0652. The zero-order valence-electron chi connectivity index (χ0n) is 8.40. The first-order valence-electron chi connectivity index (χ1n) is 4.54. The van der Waals surface area contributed by atoms with Crippen molar-refractivity contribution in [2.75, 3.05) is 0 Å². The van der Waals surface area contributed by atoms with E-state index >= 15 is 0 Å². The third-order valence-electron chi connectivity index (χ3n) is 2.12. The Kier molecular flexibility index (Phi) is 2.78. The first kappa shape index (κ1) is 10.9. The van der Waals surface area contributed by atoms with Gasteiger partial charge in [0, 0.05) is 16.1 Å². The van der Waals surface area contributed by atoms with E-state index < -0.39 is 5.97 Å². The van der Waals surface area contributed by atoms with Gasteiger partial charge in [0.1, 0.15) is 5.69 Å². The molecule has 0 bridgehead atoms. The fourth-order valence-electron chi connectivity index (χ4n) is 1.34. The normalized spacial score (nSPS) is 10.4. The maximum atomic E-state index is 10.7. The molecule has 2 aromatic rings. The SMILES string of the molecule is Cc1ccc(Br)c(-c2cc(C(=O)O)on2)c1. The Morgan fingerprint density at radius 1 is 1.44 bits per heavy atom. The number of aryl methyl sites for hydroxylation is 1. The van der Waals surface area contributed by atoms with Gasteiger partial charge >= 0.3 is 5.97 Å². The number of aromatic nitrogens is 1. The highest BCUT2D eigenvalue weighted by Crippen LogP contribution is 2.28. The van der Waals surface area contributed by atoms with Crippen LogP contribution in [0.3, 0.4) is 0 Å². The summed E-state index contributed by atoms with van der Waals surface area (Å²) in [7, 11) is 0. The topological polar surface area (TPSA) is 63.3 Å². The van der Waals surface area contributed by atoms with Gasteiger partial charge in [-0.2, -0.15) is 0 Å². The zero-order valence-corrected chi connectivity index (χ0v) is 9.98. The highest BCUT2D eigenvalue weighted by Gasteiger charge is 2.14. The van der Waals surface area contributed by atoms with E-state index in [2.05, 4.69) is 21.1 Å². The number of hydrogen-bond donors (Lipinski definition) is 1. The Hall–Kier alpha value is -1.62. The molecule has 0 saturated carbocycles. The van der Waals surface area contributed by atoms with Gasteiger partial charge in [-0.3, -0.25) is 0 Å². The molecule has 1 aromatic carbocycles. The number of carboxylic acid groups (broad SMARTS) is 1. The second-order valence-corrected chi connectivity index (χ2v) is 4.22. The summed E-state index contributed by atoms with van der Waals surface area (Å²) in [6.07, 6.45) is 0. The third-order valence-corrected chi connectivity index (χ3v) is 2.81. The second-order valence-electron chi connectivity index (χ2n) is 3.36. The lowest BCUT2D eigenvalue weighted by Crippen LogP contribution is -1.91. The van der Waals surface area contributed by atoms with E-state index in [1.807, 2.05) is 25.1 Å². The molecule has 0 atom stereocenters. The lowest BCUT2D eigenvalue weighted by Gasteiger charge is -2.00. The van der Waals surface area contributed by atoms with Crippen molar-refractivity contribution in [3.8, 4) is 11.3 Å². The van der Waals surface area contributed by atoms with E-state index in [4.69, 9.17) is 9.63 Å². The van der Waals surface area contributed by atoms with E-state index in [9.17, 15) is 4.79 Å². The summed E-state index contributed by atoms with van der Waals surface area (Å²) in [5.41, 5.74) is 2.39. The monoisotopic (exact) mass is 281 g/mol. The molecular weight excluding hydrogens is 274 g/mol. The van der Waals surface area contributed by atoms with Crippen LogP contribution in [0, 0.1) is 6.92 Å². The highest BCUT2D eigenvalue weighted by atomic mass is 79.9. The van der Waals surface area contributed by atoms with Crippen molar-refractivity contribution in [3.05, 3.63) is 40.1 Å². The van der Waals surface area contributed by atoms with Crippen molar-refractivity contribution in [3.63, 3.8) is 0 Å². The Morgan fingerprint density at radius 3 is 2.81 bits per heavy atom. The van der Waals surface area contributed by atoms with Gasteiger partial charge in [-0.1, -0.05) is 32.7 Å². The second kappa shape index (κ2) is 4.09. The fourth-order valence-corrected chi connectivity index (χ4v) is 1.79. The number of carboxylic acids is 1. The minimum atomic E-state index is -1.12.